The van der Waals surface area contributed by atoms with E-state index in [-0.39, 0.29) is 0 Å². The zero-order valence-electron chi connectivity index (χ0n) is 52.1. The van der Waals surface area contributed by atoms with Gasteiger partial charge in [0.15, 0.2) is 0 Å². The molecule has 0 aromatic heterocycles. The molecule has 0 aliphatic rings. The molecule has 2 N–H and O–H groups in total. The van der Waals surface area contributed by atoms with E-state index in [1.54, 1.807) is 0 Å². The summed E-state index contributed by atoms with van der Waals surface area (Å²) in [7, 11) is 0. The van der Waals surface area contributed by atoms with Crippen LogP contribution in [0.3, 0.4) is 0 Å². The summed E-state index contributed by atoms with van der Waals surface area (Å²) in [6.07, 6.45) is 0. The smallest absolute Gasteiger partial charge is 0.0897 e. The van der Waals surface area contributed by atoms with E-state index < -0.39 is 0 Å². The van der Waals surface area contributed by atoms with Crippen LogP contribution in [0.25, 0.3) is 0 Å². The van der Waals surface area contributed by atoms with Crippen molar-refractivity contribution in [2.75, 3.05) is 0 Å². The largest absolute Gasteiger partial charge is 0.303 e. The van der Waals surface area contributed by atoms with Gasteiger partial charge in [-0.2, -0.15) is 0 Å². The molecule has 0 fully saturated rings. The minimum Gasteiger partial charge on any atom is -0.303 e. The second-order valence-corrected chi connectivity index (χ2v) is 10.8. The Kier molecular flexibility index (Phi) is 75.0. The Hall–Kier alpha value is -22.2. The fourth-order valence-corrected chi connectivity index (χ4v) is 2.13. The molecular weight excluding hydrogens is 1740 g/mol. The zero-order chi connectivity index (χ0) is 82.6. The molecule has 584 valence electrons. The molecule has 115 heteroatoms. The topological polar surface area (TPSA) is 1420 Å². The molecule has 0 aromatic carbocycles. The van der Waals surface area contributed by atoms with Crippen molar-refractivity contribution in [3.05, 3.63) is 0 Å². The molecule has 0 spiro atoms. The first-order chi connectivity index (χ1) is 57.9. The molecule has 114 nitrogen and oxygen atoms in total. The fraction of sp³-hybridized carbons (Fsp3) is 0. The lowest BCUT2D eigenvalue weighted by Gasteiger charge is -1.71. The van der Waals surface area contributed by atoms with Crippen molar-refractivity contribution in [1.82, 2.24) is 0 Å². The fourth-order valence-electron chi connectivity index (χ4n) is 2.02. The van der Waals surface area contributed by atoms with Gasteiger partial charge in [0.2, 0.25) is 0 Å². The number of hydrogen-bond acceptors (Lipinski definition) is 2. The molecule has 0 aliphatic carbocycles. The number of hydrogen-bond donors (Lipinski definition) is 1. The summed E-state index contributed by atoms with van der Waals surface area (Å²) in [5, 5.41) is 339. The molecule has 0 saturated heterocycles. The maximum absolute atomic E-state index is 4.64. The third-order valence-electron chi connectivity index (χ3n) is 4.55. The van der Waals surface area contributed by atoms with Gasteiger partial charge in [0.05, 0.1) is 4.22 Å². The Balaban J connectivity index is 4.13. The molecule has 116 heavy (non-hydrogen) atoms. The predicted molar refractivity (Wildman–Crippen MR) is 299 cm³/mol. The summed E-state index contributed by atoms with van der Waals surface area (Å²) in [4.78, 5) is 0. The Bertz CT molecular complexity index is 4040. The SMILES string of the molecule is NN=NN=NN=NN=NN=NN=NN=NN=NN=NN=NN=NN=NN=NN=NN=NN=NN=NN=NN=NN=NN=NN=NN=NN=NN=NN=NN=NN=NN=NN=NN=NN=NN=NN=NN=NN=NN=NN=NN=NN=NN=NN=NN=NN=NN=NN=NN=NN=NN=NN=NN=NN=NN=NN=NN=NN=NN=CI. The molecule has 0 saturated carbocycles. The van der Waals surface area contributed by atoms with Crippen LogP contribution < -0.4 is 5.84 Å². The van der Waals surface area contributed by atoms with Crippen molar-refractivity contribution in [2.24, 2.45) is 596 Å². The van der Waals surface area contributed by atoms with E-state index in [0.717, 1.165) is 0 Å². The van der Waals surface area contributed by atoms with Crippen LogP contribution in [-0.4, -0.2) is 4.22 Å². The molecule has 0 heterocycles. The van der Waals surface area contributed by atoms with Crippen LogP contribution in [0.15, 0.2) is 590 Å². The Morgan fingerprint density at radius 1 is 0.0862 bits per heavy atom. The summed E-state index contributed by atoms with van der Waals surface area (Å²) in [6, 6.07) is 0. The van der Waals surface area contributed by atoms with E-state index in [0.29, 0.717) is 0 Å². The van der Waals surface area contributed by atoms with E-state index in [1.165, 1.54) is 4.22 Å². The quantitative estimate of drug-likeness (QED) is 0.0200. The van der Waals surface area contributed by atoms with Crippen molar-refractivity contribution in [2.45, 2.75) is 0 Å². The van der Waals surface area contributed by atoms with Gasteiger partial charge >= 0.3 is 0 Å². The average molecular weight is 1740 g/mol. The maximum atomic E-state index is 4.64. The first-order valence-electron chi connectivity index (χ1n) is 23.1. The van der Waals surface area contributed by atoms with Crippen LogP contribution in [0.5, 0.6) is 0 Å². The standard InChI is InChI=1S/CH3IN114/c2-1-4-6-8-10-12-14-16-18-20-22-24-26-28-30-32-34-36-38-40-42-44-46-48-50-52-54-56-58-60-62-64-66-68-70-72-74-76-78-80-82-84-86-88-90-92-94-96-98-100-102-104-106-108-110-112-114-116-115-113-111-109-107-105-103-101-99-97-95-93-91-89-87-85-83-81-79-77-75-73-71-69-67-65-63-61-59-57-55-53-51-49-47-45-43-41-39-37-35-33-31-29-27-25-23-21-19-17-15-13-11-9-7-5-3/h1H,(H2,3,6,7,10,11,14,15,18,19,22,23,26,27,30,31,34,35,38,39,42,43,46,47,50,51,54,55,58,59,62,63,66,67,70,71,74,75,78,79,82,83,86,87,90,91,94,95,98,99,102,103,106,107,110,111,114,115). The van der Waals surface area contributed by atoms with Gasteiger partial charge in [-0.1, -0.05) is 5.22 Å². The Labute approximate surface area is 622 Å². The molecule has 0 aliphatic heterocycles. The van der Waals surface area contributed by atoms with E-state index in [9.17, 15) is 0 Å². The average Bonchev–Trinajstić information content (AvgIpc) is 1.67. The Morgan fingerprint density at radius 3 is 0.190 bits per heavy atom. The lowest BCUT2D eigenvalue weighted by atomic mass is 11.7. The summed E-state index contributed by atoms with van der Waals surface area (Å²) in [5.41, 5.74) is 0. The van der Waals surface area contributed by atoms with Crippen molar-refractivity contribution in [3.63, 3.8) is 0 Å². The van der Waals surface area contributed by atoms with E-state index in [4.69, 9.17) is 0 Å². The van der Waals surface area contributed by atoms with E-state index >= 15 is 0 Å². The first kappa shape index (κ1) is 93.8. The van der Waals surface area contributed by atoms with E-state index in [1.807, 2.05) is 22.6 Å². The number of halogens is 1. The van der Waals surface area contributed by atoms with Crippen LogP contribution in [0.4, 0.5) is 0 Å². The van der Waals surface area contributed by atoms with Gasteiger partial charge in [-0.05, 0) is 101 Å². The Morgan fingerprint density at radius 2 is 0.138 bits per heavy atom. The van der Waals surface area contributed by atoms with Gasteiger partial charge < -0.3 is 5.84 Å². The summed E-state index contributed by atoms with van der Waals surface area (Å²) < 4.78 is 1.33. The van der Waals surface area contributed by atoms with Crippen LogP contribution in [0.1, 0.15) is 0 Å². The van der Waals surface area contributed by atoms with Gasteiger partial charge in [-0.3, -0.25) is 0 Å². The van der Waals surface area contributed by atoms with Crippen molar-refractivity contribution >= 4 is 26.8 Å². The number of nitrogens with zero attached hydrogens (tertiary/aromatic N) is 113. The van der Waals surface area contributed by atoms with Gasteiger partial charge in [0, 0.05) is 501 Å². The third-order valence-corrected chi connectivity index (χ3v) is 4.80. The molecule has 0 unspecified atom stereocenters. The molecule has 0 bridgehead atoms. The molecular formula is CH3IN114. The lowest BCUT2D eigenvalue weighted by molar-refractivity contribution is 0.723. The van der Waals surface area contributed by atoms with Crippen LogP contribution >= 0.6 is 22.6 Å². The van der Waals surface area contributed by atoms with Crippen molar-refractivity contribution < 1.29 is 0 Å². The lowest BCUT2D eigenvalue weighted by Crippen LogP contribution is -1.70. The van der Waals surface area contributed by atoms with Crippen LogP contribution in [0, 0.1) is 0 Å². The highest BCUT2D eigenvalue weighted by Gasteiger charge is 1.81. The highest BCUT2D eigenvalue weighted by Crippen LogP contribution is 2.00. The second-order valence-electron chi connectivity index (χ2n) is 10.3. The number of nitrogens with two attached hydrogens (primary N) is 1. The maximum Gasteiger partial charge on any atom is 0.0897 e. The van der Waals surface area contributed by atoms with Crippen LogP contribution in [-0.2, 0) is 0 Å². The second kappa shape index (κ2) is 92.8. The summed E-state index contributed by atoms with van der Waals surface area (Å²) in [5.74, 6) is 4.64. The molecule has 0 atom stereocenters. The van der Waals surface area contributed by atoms with Gasteiger partial charge in [-0.25, -0.2) is 0 Å². The monoisotopic (exact) mass is 1740 g/mol. The summed E-state index contributed by atoms with van der Waals surface area (Å²) >= 11 is 1.81. The highest BCUT2D eigenvalue weighted by molar-refractivity contribution is 14.1. The normalized spacial score (nSPS) is 15.8. The van der Waals surface area contributed by atoms with Gasteiger partial charge in [0.25, 0.3) is 0 Å². The minimum absolute atomic E-state index is 1.33. The van der Waals surface area contributed by atoms with Crippen LogP contribution in [0.2, 0.25) is 0 Å². The minimum atomic E-state index is 1.33. The predicted octanol–water partition coefficient (Wildman–Crippen LogP) is 20.9. The molecule has 0 amide bonds. The summed E-state index contributed by atoms with van der Waals surface area (Å²) in [6.45, 7) is 0. The zero-order valence-corrected chi connectivity index (χ0v) is 54.2. The molecule has 0 rings (SSSR count). The third kappa shape index (κ3) is 91.8. The molecule has 0 aromatic rings. The number of rotatable bonds is 56. The highest BCUT2D eigenvalue weighted by atomic mass is 127. The van der Waals surface area contributed by atoms with Gasteiger partial charge in [0.1, 0.15) is 0 Å². The van der Waals surface area contributed by atoms with E-state index in [2.05, 4.69) is 596 Å². The van der Waals surface area contributed by atoms with Crippen molar-refractivity contribution in [1.29, 1.82) is 0 Å². The van der Waals surface area contributed by atoms with Crippen molar-refractivity contribution in [3.8, 4) is 0 Å². The first-order valence-corrected chi connectivity index (χ1v) is 24.4. The molecule has 0 radical (unpaired) electrons. The van der Waals surface area contributed by atoms with Gasteiger partial charge in [-0.15, -0.1) is 5.10 Å².